The Labute approximate surface area is 119 Å². The predicted octanol–water partition coefficient (Wildman–Crippen LogP) is 1.56. The zero-order chi connectivity index (χ0) is 13.9. The number of benzene rings is 1. The van der Waals surface area contributed by atoms with Crippen LogP contribution in [0.2, 0.25) is 0 Å². The molecule has 0 aliphatic carbocycles. The normalized spacial score (nSPS) is 29.6. The summed E-state index contributed by atoms with van der Waals surface area (Å²) in [4.78, 5) is 12.5. The lowest BCUT2D eigenvalue weighted by atomic mass is 9.95. The van der Waals surface area contributed by atoms with Crippen molar-refractivity contribution in [2.75, 3.05) is 13.2 Å². The zero-order valence-electron chi connectivity index (χ0n) is 11.9. The third-order valence-corrected chi connectivity index (χ3v) is 4.32. The standard InChI is InChI=1S/C16H22N2O2/c1-11-14(7-4-9-17-11)18-16(19)15-13-6-3-2-5-12(13)8-10-20-15/h2-3,5-6,11,14-15,17H,4,7-10H2,1H3,(H,18,19). The summed E-state index contributed by atoms with van der Waals surface area (Å²) in [5.74, 6) is -0.00213. The Hall–Kier alpha value is -1.39. The molecule has 2 N–H and O–H groups in total. The van der Waals surface area contributed by atoms with E-state index < -0.39 is 6.10 Å². The molecule has 4 nitrogen and oxygen atoms in total. The van der Waals surface area contributed by atoms with Gasteiger partial charge in [-0.1, -0.05) is 24.3 Å². The lowest BCUT2D eigenvalue weighted by Gasteiger charge is -2.33. The molecule has 0 saturated carbocycles. The van der Waals surface area contributed by atoms with Crippen molar-refractivity contribution >= 4 is 5.91 Å². The van der Waals surface area contributed by atoms with Crippen LogP contribution >= 0.6 is 0 Å². The lowest BCUT2D eigenvalue weighted by molar-refractivity contribution is -0.135. The van der Waals surface area contributed by atoms with Crippen LogP contribution < -0.4 is 10.6 Å². The largest absolute Gasteiger partial charge is 0.363 e. The van der Waals surface area contributed by atoms with Gasteiger partial charge in [-0.05, 0) is 43.9 Å². The van der Waals surface area contributed by atoms with Gasteiger partial charge in [-0.25, -0.2) is 0 Å². The second kappa shape index (κ2) is 5.94. The van der Waals surface area contributed by atoms with Crippen molar-refractivity contribution in [1.82, 2.24) is 10.6 Å². The van der Waals surface area contributed by atoms with Gasteiger partial charge >= 0.3 is 0 Å². The Bertz CT molecular complexity index is 489. The molecule has 1 fully saturated rings. The van der Waals surface area contributed by atoms with Crippen LogP contribution in [0, 0.1) is 0 Å². The maximum atomic E-state index is 12.5. The average molecular weight is 274 g/mol. The molecule has 2 aliphatic heterocycles. The van der Waals surface area contributed by atoms with E-state index in [1.165, 1.54) is 5.56 Å². The number of carbonyl (C=O) groups is 1. The van der Waals surface area contributed by atoms with E-state index in [0.29, 0.717) is 12.6 Å². The smallest absolute Gasteiger partial charge is 0.254 e. The number of piperidine rings is 1. The number of hydrogen-bond acceptors (Lipinski definition) is 3. The number of nitrogens with one attached hydrogen (secondary N) is 2. The number of ether oxygens (including phenoxy) is 1. The monoisotopic (exact) mass is 274 g/mol. The third kappa shape index (κ3) is 2.72. The summed E-state index contributed by atoms with van der Waals surface area (Å²) in [6.45, 7) is 3.78. The van der Waals surface area contributed by atoms with Gasteiger partial charge in [-0.3, -0.25) is 4.79 Å². The van der Waals surface area contributed by atoms with Crippen LogP contribution in [0.5, 0.6) is 0 Å². The molecule has 3 unspecified atom stereocenters. The van der Waals surface area contributed by atoms with Crippen molar-refractivity contribution in [3.63, 3.8) is 0 Å². The van der Waals surface area contributed by atoms with Gasteiger partial charge in [0.05, 0.1) is 6.61 Å². The summed E-state index contributed by atoms with van der Waals surface area (Å²) in [6.07, 6.45) is 2.58. The minimum atomic E-state index is -0.450. The third-order valence-electron chi connectivity index (χ3n) is 4.32. The number of fused-ring (bicyclic) bond motifs is 1. The number of hydrogen-bond donors (Lipinski definition) is 2. The second-order valence-electron chi connectivity index (χ2n) is 5.70. The summed E-state index contributed by atoms with van der Waals surface area (Å²) in [6, 6.07) is 8.61. The topological polar surface area (TPSA) is 50.4 Å². The van der Waals surface area contributed by atoms with E-state index in [0.717, 1.165) is 31.4 Å². The highest BCUT2D eigenvalue weighted by atomic mass is 16.5. The fourth-order valence-corrected chi connectivity index (χ4v) is 3.11. The first-order valence-electron chi connectivity index (χ1n) is 7.49. The molecule has 0 bridgehead atoms. The van der Waals surface area contributed by atoms with E-state index in [1.54, 1.807) is 0 Å². The molecule has 0 radical (unpaired) electrons. The van der Waals surface area contributed by atoms with Gasteiger partial charge in [0, 0.05) is 12.1 Å². The van der Waals surface area contributed by atoms with Gasteiger partial charge in [-0.2, -0.15) is 0 Å². The first kappa shape index (κ1) is 13.6. The number of carbonyl (C=O) groups excluding carboxylic acids is 1. The van der Waals surface area contributed by atoms with Crippen LogP contribution in [-0.2, 0) is 16.0 Å². The van der Waals surface area contributed by atoms with Gasteiger partial charge in [-0.15, -0.1) is 0 Å². The molecule has 20 heavy (non-hydrogen) atoms. The van der Waals surface area contributed by atoms with Crippen LogP contribution in [0.3, 0.4) is 0 Å². The molecule has 108 valence electrons. The van der Waals surface area contributed by atoms with E-state index in [1.807, 2.05) is 18.2 Å². The molecular weight excluding hydrogens is 252 g/mol. The van der Waals surface area contributed by atoms with Crippen LogP contribution in [-0.4, -0.2) is 31.1 Å². The molecule has 3 atom stereocenters. The molecule has 2 aliphatic rings. The Balaban J connectivity index is 1.72. The molecule has 1 saturated heterocycles. The highest BCUT2D eigenvalue weighted by Crippen LogP contribution is 2.27. The molecular formula is C16H22N2O2. The van der Waals surface area contributed by atoms with Crippen molar-refractivity contribution in [3.05, 3.63) is 35.4 Å². The maximum Gasteiger partial charge on any atom is 0.254 e. The Morgan fingerprint density at radius 1 is 1.40 bits per heavy atom. The van der Waals surface area contributed by atoms with Crippen LogP contribution in [0.4, 0.5) is 0 Å². The SMILES string of the molecule is CC1NCCCC1NC(=O)C1OCCc2ccccc21. The molecule has 1 amide bonds. The van der Waals surface area contributed by atoms with Gasteiger partial charge in [0.15, 0.2) is 6.10 Å². The van der Waals surface area contributed by atoms with Crippen LogP contribution in [0.25, 0.3) is 0 Å². The first-order valence-corrected chi connectivity index (χ1v) is 7.49. The molecule has 1 aromatic carbocycles. The van der Waals surface area contributed by atoms with E-state index >= 15 is 0 Å². The van der Waals surface area contributed by atoms with Gasteiger partial charge < -0.3 is 15.4 Å². The predicted molar refractivity (Wildman–Crippen MR) is 77.5 cm³/mol. The van der Waals surface area contributed by atoms with Gasteiger partial charge in [0.2, 0.25) is 0 Å². The van der Waals surface area contributed by atoms with Crippen molar-refractivity contribution in [1.29, 1.82) is 0 Å². The fourth-order valence-electron chi connectivity index (χ4n) is 3.11. The lowest BCUT2D eigenvalue weighted by Crippen LogP contribution is -2.53. The molecule has 4 heteroatoms. The van der Waals surface area contributed by atoms with Crippen molar-refractivity contribution in [3.8, 4) is 0 Å². The highest BCUT2D eigenvalue weighted by molar-refractivity contribution is 5.83. The first-order chi connectivity index (χ1) is 9.75. The average Bonchev–Trinajstić information content (AvgIpc) is 2.49. The maximum absolute atomic E-state index is 12.5. The van der Waals surface area contributed by atoms with E-state index in [-0.39, 0.29) is 11.9 Å². The second-order valence-corrected chi connectivity index (χ2v) is 5.70. The van der Waals surface area contributed by atoms with Crippen molar-refractivity contribution < 1.29 is 9.53 Å². The Morgan fingerprint density at radius 2 is 2.25 bits per heavy atom. The molecule has 3 rings (SSSR count). The summed E-state index contributed by atoms with van der Waals surface area (Å²) in [5, 5.41) is 6.56. The van der Waals surface area contributed by atoms with E-state index in [4.69, 9.17) is 4.74 Å². The minimum Gasteiger partial charge on any atom is -0.363 e. The highest BCUT2D eigenvalue weighted by Gasteiger charge is 2.30. The molecule has 1 aromatic rings. The van der Waals surface area contributed by atoms with Crippen molar-refractivity contribution in [2.45, 2.75) is 44.4 Å². The summed E-state index contributed by atoms with van der Waals surface area (Å²) < 4.78 is 5.71. The van der Waals surface area contributed by atoms with E-state index in [9.17, 15) is 4.79 Å². The Kier molecular flexibility index (Phi) is 4.03. The number of rotatable bonds is 2. The zero-order valence-corrected chi connectivity index (χ0v) is 11.9. The van der Waals surface area contributed by atoms with Crippen LogP contribution in [0.1, 0.15) is 37.0 Å². The van der Waals surface area contributed by atoms with Crippen molar-refractivity contribution in [2.24, 2.45) is 0 Å². The van der Waals surface area contributed by atoms with Gasteiger partial charge in [0.25, 0.3) is 5.91 Å². The number of amides is 1. The summed E-state index contributed by atoms with van der Waals surface area (Å²) in [7, 11) is 0. The molecule has 0 spiro atoms. The molecule has 2 heterocycles. The quantitative estimate of drug-likeness (QED) is 0.860. The fraction of sp³-hybridized carbons (Fsp3) is 0.562. The van der Waals surface area contributed by atoms with Crippen LogP contribution in [0.15, 0.2) is 24.3 Å². The van der Waals surface area contributed by atoms with Gasteiger partial charge in [0.1, 0.15) is 0 Å². The summed E-state index contributed by atoms with van der Waals surface area (Å²) in [5.41, 5.74) is 2.25. The minimum absolute atomic E-state index is 0.00213. The molecule has 0 aromatic heterocycles. The van der Waals surface area contributed by atoms with E-state index in [2.05, 4.69) is 23.6 Å². The summed E-state index contributed by atoms with van der Waals surface area (Å²) >= 11 is 0. The Morgan fingerprint density at radius 3 is 3.10 bits per heavy atom.